The van der Waals surface area contributed by atoms with E-state index in [-0.39, 0.29) is 17.9 Å². The van der Waals surface area contributed by atoms with Crippen LogP contribution in [0.4, 0.5) is 5.69 Å². The van der Waals surface area contributed by atoms with Gasteiger partial charge in [0, 0.05) is 28.1 Å². The summed E-state index contributed by atoms with van der Waals surface area (Å²) in [5, 5.41) is 10.9. The van der Waals surface area contributed by atoms with E-state index in [4.69, 9.17) is 0 Å². The average molecular weight is 334 g/mol. The number of ketones is 1. The van der Waals surface area contributed by atoms with Crippen molar-refractivity contribution in [3.05, 3.63) is 73.7 Å². The van der Waals surface area contributed by atoms with Crippen molar-refractivity contribution in [1.82, 2.24) is 0 Å². The Morgan fingerprint density at radius 1 is 1.25 bits per heavy atom. The molecule has 0 amide bonds. The first kappa shape index (κ1) is 14.4. The van der Waals surface area contributed by atoms with E-state index in [0.717, 1.165) is 5.56 Å². The topological polar surface area (TPSA) is 60.2 Å². The zero-order valence-electron chi connectivity index (χ0n) is 10.8. The Hall–Kier alpha value is -2.01. The fraction of sp³-hybridized carbons (Fsp3) is 0.133. The normalized spacial score (nSPS) is 10.3. The van der Waals surface area contributed by atoms with E-state index >= 15 is 0 Å². The van der Waals surface area contributed by atoms with Gasteiger partial charge in [-0.05, 0) is 24.6 Å². The van der Waals surface area contributed by atoms with Gasteiger partial charge in [-0.15, -0.1) is 0 Å². The number of rotatable bonds is 4. The summed E-state index contributed by atoms with van der Waals surface area (Å²) in [6.45, 7) is 1.93. The van der Waals surface area contributed by atoms with Crippen molar-refractivity contribution in [2.24, 2.45) is 0 Å². The van der Waals surface area contributed by atoms with Crippen LogP contribution in [0.1, 0.15) is 21.5 Å². The maximum absolute atomic E-state index is 12.3. The molecule has 0 atom stereocenters. The maximum Gasteiger partial charge on any atom is 0.273 e. The molecule has 0 aliphatic heterocycles. The number of nitro groups is 1. The average Bonchev–Trinajstić information content (AvgIpc) is 2.38. The molecule has 0 saturated carbocycles. The molecule has 2 aromatic rings. The van der Waals surface area contributed by atoms with Gasteiger partial charge in [0.25, 0.3) is 5.69 Å². The van der Waals surface area contributed by atoms with Gasteiger partial charge in [0.15, 0.2) is 5.78 Å². The number of hydrogen-bond donors (Lipinski definition) is 0. The number of aryl methyl sites for hydroxylation is 1. The van der Waals surface area contributed by atoms with Gasteiger partial charge in [-0.1, -0.05) is 40.2 Å². The van der Waals surface area contributed by atoms with Crippen molar-refractivity contribution in [2.75, 3.05) is 0 Å². The third kappa shape index (κ3) is 3.11. The SMILES string of the molecule is Cc1ccc(C(=O)Cc2ccccc2[N+](=O)[O-])c(Br)c1. The molecule has 102 valence electrons. The standard InChI is InChI=1S/C15H12BrNO3/c1-10-6-7-12(13(16)8-10)15(18)9-11-4-2-3-5-14(11)17(19)20/h2-8H,9H2,1H3. The van der Waals surface area contributed by atoms with Crippen molar-refractivity contribution < 1.29 is 9.72 Å². The van der Waals surface area contributed by atoms with Gasteiger partial charge in [-0.3, -0.25) is 14.9 Å². The van der Waals surface area contributed by atoms with Crippen LogP contribution < -0.4 is 0 Å². The number of nitro benzene ring substituents is 1. The quantitative estimate of drug-likeness (QED) is 0.481. The lowest BCUT2D eigenvalue weighted by atomic mass is 10.0. The summed E-state index contributed by atoms with van der Waals surface area (Å²) in [5.41, 5.74) is 1.98. The van der Waals surface area contributed by atoms with Gasteiger partial charge in [0.2, 0.25) is 0 Å². The smallest absolute Gasteiger partial charge is 0.273 e. The van der Waals surface area contributed by atoms with Crippen LogP contribution in [0.3, 0.4) is 0 Å². The number of carbonyl (C=O) groups is 1. The molecule has 0 spiro atoms. The predicted octanol–water partition coefficient (Wildman–Crippen LogP) is 4.09. The van der Waals surface area contributed by atoms with Crippen LogP contribution in [0, 0.1) is 17.0 Å². The summed E-state index contributed by atoms with van der Waals surface area (Å²) in [6.07, 6.45) is 0.0127. The Bertz CT molecular complexity index is 683. The molecule has 0 radical (unpaired) electrons. The molecule has 0 saturated heterocycles. The van der Waals surface area contributed by atoms with Gasteiger partial charge < -0.3 is 0 Å². The molecule has 0 aliphatic carbocycles. The van der Waals surface area contributed by atoms with E-state index in [1.807, 2.05) is 19.1 Å². The number of nitrogens with zero attached hydrogens (tertiary/aromatic N) is 1. The minimum Gasteiger partial charge on any atom is -0.294 e. The largest absolute Gasteiger partial charge is 0.294 e. The number of para-hydroxylation sites is 1. The summed E-state index contributed by atoms with van der Waals surface area (Å²) in [6, 6.07) is 11.7. The lowest BCUT2D eigenvalue weighted by Gasteiger charge is -2.05. The second-order valence-corrected chi connectivity index (χ2v) is 5.32. The molecule has 0 fully saturated rings. The van der Waals surface area contributed by atoms with Crippen LogP contribution in [-0.2, 0) is 6.42 Å². The highest BCUT2D eigenvalue weighted by atomic mass is 79.9. The molecule has 0 bridgehead atoms. The molecule has 0 aromatic heterocycles. The van der Waals surface area contributed by atoms with E-state index in [9.17, 15) is 14.9 Å². The molecule has 0 aliphatic rings. The van der Waals surface area contributed by atoms with E-state index in [1.165, 1.54) is 6.07 Å². The van der Waals surface area contributed by atoms with E-state index in [2.05, 4.69) is 15.9 Å². The predicted molar refractivity (Wildman–Crippen MR) is 80.0 cm³/mol. The second kappa shape index (κ2) is 5.96. The number of Topliss-reactive ketones (excluding diaryl/α,β-unsaturated/α-hetero) is 1. The van der Waals surface area contributed by atoms with Gasteiger partial charge >= 0.3 is 0 Å². The van der Waals surface area contributed by atoms with Crippen molar-refractivity contribution in [3.8, 4) is 0 Å². The first-order valence-corrected chi connectivity index (χ1v) is 6.80. The Labute approximate surface area is 124 Å². The monoisotopic (exact) mass is 333 g/mol. The minimum absolute atomic E-state index is 0.0127. The summed E-state index contributed by atoms with van der Waals surface area (Å²) >= 11 is 3.35. The highest BCUT2D eigenvalue weighted by molar-refractivity contribution is 9.10. The molecule has 20 heavy (non-hydrogen) atoms. The summed E-state index contributed by atoms with van der Waals surface area (Å²) in [4.78, 5) is 22.7. The molecule has 0 heterocycles. The van der Waals surface area contributed by atoms with Crippen LogP contribution in [0.25, 0.3) is 0 Å². The van der Waals surface area contributed by atoms with Crippen LogP contribution in [0.2, 0.25) is 0 Å². The molecule has 2 rings (SSSR count). The number of hydrogen-bond acceptors (Lipinski definition) is 3. The van der Waals surface area contributed by atoms with Crippen LogP contribution in [0.15, 0.2) is 46.9 Å². The highest BCUT2D eigenvalue weighted by Gasteiger charge is 2.17. The third-order valence-corrected chi connectivity index (χ3v) is 3.62. The van der Waals surface area contributed by atoms with Crippen LogP contribution in [0.5, 0.6) is 0 Å². The maximum atomic E-state index is 12.3. The van der Waals surface area contributed by atoms with Gasteiger partial charge in [-0.2, -0.15) is 0 Å². The third-order valence-electron chi connectivity index (χ3n) is 2.96. The van der Waals surface area contributed by atoms with E-state index in [1.54, 1.807) is 24.3 Å². The minimum atomic E-state index is -0.465. The van der Waals surface area contributed by atoms with Gasteiger partial charge in [0.1, 0.15) is 0 Å². The zero-order chi connectivity index (χ0) is 14.7. The molecule has 4 nitrogen and oxygen atoms in total. The van der Waals surface area contributed by atoms with E-state index in [0.29, 0.717) is 15.6 Å². The first-order chi connectivity index (χ1) is 9.49. The molecular formula is C15H12BrNO3. The Morgan fingerprint density at radius 3 is 2.60 bits per heavy atom. The molecule has 5 heteroatoms. The van der Waals surface area contributed by atoms with Gasteiger partial charge in [-0.25, -0.2) is 0 Å². The zero-order valence-corrected chi connectivity index (χ0v) is 12.4. The molecule has 0 unspecified atom stereocenters. The van der Waals surface area contributed by atoms with Gasteiger partial charge in [0.05, 0.1) is 4.92 Å². The number of halogens is 1. The lowest BCUT2D eigenvalue weighted by molar-refractivity contribution is -0.385. The second-order valence-electron chi connectivity index (χ2n) is 4.47. The number of carbonyl (C=O) groups excluding carboxylic acids is 1. The Morgan fingerprint density at radius 2 is 1.95 bits per heavy atom. The van der Waals surface area contributed by atoms with Crippen LogP contribution in [-0.4, -0.2) is 10.7 Å². The summed E-state index contributed by atoms with van der Waals surface area (Å²) < 4.78 is 0.709. The molecule has 0 N–H and O–H groups in total. The fourth-order valence-electron chi connectivity index (χ4n) is 1.95. The fourth-order valence-corrected chi connectivity index (χ4v) is 2.67. The summed E-state index contributed by atoms with van der Waals surface area (Å²) in [5.74, 6) is -0.147. The van der Waals surface area contributed by atoms with E-state index < -0.39 is 4.92 Å². The highest BCUT2D eigenvalue weighted by Crippen LogP contribution is 2.23. The molecular weight excluding hydrogens is 322 g/mol. The van der Waals surface area contributed by atoms with Crippen LogP contribution >= 0.6 is 15.9 Å². The first-order valence-electron chi connectivity index (χ1n) is 6.00. The lowest BCUT2D eigenvalue weighted by Crippen LogP contribution is -2.06. The Balaban J connectivity index is 2.30. The Kier molecular flexibility index (Phi) is 4.29. The number of benzene rings is 2. The summed E-state index contributed by atoms with van der Waals surface area (Å²) in [7, 11) is 0. The van der Waals surface area contributed by atoms with Crippen molar-refractivity contribution >= 4 is 27.4 Å². The van der Waals surface area contributed by atoms with Crippen molar-refractivity contribution in [1.29, 1.82) is 0 Å². The van der Waals surface area contributed by atoms with Crippen molar-refractivity contribution in [3.63, 3.8) is 0 Å². The van der Waals surface area contributed by atoms with Crippen molar-refractivity contribution in [2.45, 2.75) is 13.3 Å². The molecule has 2 aromatic carbocycles.